The third-order valence-corrected chi connectivity index (χ3v) is 7.82. The summed E-state index contributed by atoms with van der Waals surface area (Å²) in [6.45, 7) is 10.4. The molecule has 10 nitrogen and oxygen atoms in total. The molecule has 2 saturated heterocycles. The van der Waals surface area contributed by atoms with E-state index in [1.165, 1.54) is 32.5 Å². The predicted octanol–water partition coefficient (Wildman–Crippen LogP) is 3.60. The lowest BCUT2D eigenvalue weighted by atomic mass is 9.84. The number of guanidine groups is 1. The number of aryl methyl sites for hydroxylation is 1. The molecule has 2 aliphatic heterocycles. The van der Waals surface area contributed by atoms with E-state index in [9.17, 15) is 9.18 Å². The summed E-state index contributed by atoms with van der Waals surface area (Å²) in [7, 11) is 1.50. The molecule has 5 rings (SSSR count). The van der Waals surface area contributed by atoms with E-state index in [0.717, 1.165) is 48.0 Å². The molecule has 3 fully saturated rings. The van der Waals surface area contributed by atoms with E-state index in [0.29, 0.717) is 17.3 Å². The first-order valence-electron chi connectivity index (χ1n) is 13.1. The molecular formula is C26H35F2N9O. The van der Waals surface area contributed by atoms with Crippen molar-refractivity contribution in [3.8, 4) is 5.69 Å². The SMILES string of the molecule is C=NC(=N/C(N[C@H]1CC2CCCN2C(C)(C)C1)=C(\C)F)Nc1cc(-n2nnn(C)c2=O)c(C2CC2)cc1F. The van der Waals surface area contributed by atoms with E-state index in [2.05, 4.69) is 56.5 Å². The van der Waals surface area contributed by atoms with E-state index < -0.39 is 17.3 Å². The monoisotopic (exact) mass is 527 g/mol. The quantitative estimate of drug-likeness (QED) is 0.439. The fourth-order valence-corrected chi connectivity index (χ4v) is 5.89. The molecule has 12 heteroatoms. The van der Waals surface area contributed by atoms with Crippen molar-refractivity contribution in [2.75, 3.05) is 11.9 Å². The number of tetrazole rings is 1. The average Bonchev–Trinajstić information content (AvgIpc) is 3.50. The summed E-state index contributed by atoms with van der Waals surface area (Å²) in [5.74, 6) is -0.938. The normalized spacial score (nSPS) is 24.1. The Kier molecular flexibility index (Phi) is 6.93. The maximum absolute atomic E-state index is 15.2. The molecule has 0 bridgehead atoms. The van der Waals surface area contributed by atoms with Crippen LogP contribution in [0.2, 0.25) is 0 Å². The van der Waals surface area contributed by atoms with Crippen LogP contribution >= 0.6 is 0 Å². The minimum absolute atomic E-state index is 0.00482. The van der Waals surface area contributed by atoms with E-state index >= 15 is 4.39 Å². The van der Waals surface area contributed by atoms with Gasteiger partial charge in [-0.3, -0.25) is 4.90 Å². The van der Waals surface area contributed by atoms with Crippen LogP contribution in [0, 0.1) is 5.82 Å². The molecule has 2 aromatic rings. The second-order valence-corrected chi connectivity index (χ2v) is 11.1. The zero-order valence-corrected chi connectivity index (χ0v) is 22.3. The van der Waals surface area contributed by atoms with Gasteiger partial charge in [0.15, 0.2) is 5.82 Å². The standard InChI is InChI=1S/C26H35F2N9O/c1-15(27)23(30-17-11-18-7-6-10-36(18)26(2,3)14-17)32-24(29-4)31-21-13-22(37-25(38)35(5)33-34-37)19(12-20(21)28)16-8-9-16/h12-13,16-18,30H,4,6-11,14H2,1-3,5H3,(H,31,32)/b23-15+/t17-,18?/m0/s1. The van der Waals surface area contributed by atoms with Gasteiger partial charge in [-0.2, -0.15) is 14.4 Å². The van der Waals surface area contributed by atoms with E-state index in [4.69, 9.17) is 0 Å². The van der Waals surface area contributed by atoms with Crippen LogP contribution in [0.4, 0.5) is 14.5 Å². The van der Waals surface area contributed by atoms with Crippen LogP contribution < -0.4 is 16.3 Å². The Balaban J connectivity index is 1.41. The minimum atomic E-state index is -0.547. The summed E-state index contributed by atoms with van der Waals surface area (Å²) in [5.41, 5.74) is 0.681. The molecule has 3 aliphatic rings. The molecule has 0 spiro atoms. The Bertz CT molecular complexity index is 1350. The fourth-order valence-electron chi connectivity index (χ4n) is 5.89. The molecule has 1 aliphatic carbocycles. The Morgan fingerprint density at radius 3 is 2.63 bits per heavy atom. The summed E-state index contributed by atoms with van der Waals surface area (Å²) < 4.78 is 32.1. The summed E-state index contributed by atoms with van der Waals surface area (Å²) in [5, 5.41) is 13.8. The number of hydrogen-bond acceptors (Lipinski definition) is 6. The number of benzene rings is 1. The molecule has 1 saturated carbocycles. The van der Waals surface area contributed by atoms with Crippen LogP contribution in [-0.2, 0) is 7.05 Å². The Morgan fingerprint density at radius 2 is 2.00 bits per heavy atom. The highest BCUT2D eigenvalue weighted by Gasteiger charge is 2.43. The molecule has 1 aromatic heterocycles. The molecule has 2 N–H and O–H groups in total. The van der Waals surface area contributed by atoms with Crippen LogP contribution in [0.1, 0.15) is 70.8 Å². The molecular weight excluding hydrogens is 492 g/mol. The van der Waals surface area contributed by atoms with Gasteiger partial charge in [-0.05, 0) is 107 Å². The van der Waals surface area contributed by atoms with Crippen LogP contribution in [0.3, 0.4) is 0 Å². The topological polar surface area (TPSA) is 105 Å². The number of allylic oxidation sites excluding steroid dienone is 1. The third-order valence-electron chi connectivity index (χ3n) is 7.82. The zero-order valence-electron chi connectivity index (χ0n) is 22.3. The van der Waals surface area contributed by atoms with Gasteiger partial charge in [-0.1, -0.05) is 0 Å². The highest BCUT2D eigenvalue weighted by atomic mass is 19.1. The molecule has 2 atom stereocenters. The molecule has 204 valence electrons. The Labute approximate surface area is 220 Å². The average molecular weight is 528 g/mol. The van der Waals surface area contributed by atoms with Gasteiger partial charge < -0.3 is 10.6 Å². The largest absolute Gasteiger partial charge is 0.368 e. The number of rotatable bonds is 6. The van der Waals surface area contributed by atoms with Gasteiger partial charge in [0.05, 0.1) is 11.4 Å². The lowest BCUT2D eigenvalue weighted by Crippen LogP contribution is -2.56. The highest BCUT2D eigenvalue weighted by molar-refractivity contribution is 5.97. The van der Waals surface area contributed by atoms with Crippen LogP contribution in [0.15, 0.2) is 38.6 Å². The second-order valence-electron chi connectivity index (χ2n) is 11.1. The van der Waals surface area contributed by atoms with Crippen molar-refractivity contribution < 1.29 is 8.78 Å². The maximum atomic E-state index is 15.2. The van der Waals surface area contributed by atoms with E-state index in [-0.39, 0.29) is 35.0 Å². The van der Waals surface area contributed by atoms with Crippen LogP contribution in [0.25, 0.3) is 5.69 Å². The lowest BCUT2D eigenvalue weighted by molar-refractivity contribution is 0.0398. The fraction of sp³-hybridized carbons (Fsp3) is 0.577. The summed E-state index contributed by atoms with van der Waals surface area (Å²) in [6.07, 6.45) is 5.85. The first kappa shape index (κ1) is 26.2. The van der Waals surface area contributed by atoms with Gasteiger partial charge in [0, 0.05) is 24.7 Å². The number of hydrogen-bond donors (Lipinski definition) is 2. The first-order chi connectivity index (χ1) is 18.1. The van der Waals surface area contributed by atoms with Crippen molar-refractivity contribution >= 4 is 18.4 Å². The molecule has 1 unspecified atom stereocenters. The smallest absolute Gasteiger partial charge is 0.365 e. The number of fused-ring (bicyclic) bond motifs is 1. The number of nitrogens with zero attached hydrogens (tertiary/aromatic N) is 7. The third kappa shape index (κ3) is 5.13. The molecule has 0 amide bonds. The van der Waals surface area contributed by atoms with Gasteiger partial charge in [0.1, 0.15) is 11.6 Å². The second kappa shape index (κ2) is 10.0. The lowest BCUT2D eigenvalue weighted by Gasteiger charge is -2.48. The molecule has 38 heavy (non-hydrogen) atoms. The van der Waals surface area contributed by atoms with Crippen molar-refractivity contribution in [2.24, 2.45) is 17.0 Å². The number of piperidine rings is 1. The summed E-state index contributed by atoms with van der Waals surface area (Å²) >= 11 is 0. The van der Waals surface area contributed by atoms with Crippen LogP contribution in [-0.4, -0.2) is 61.5 Å². The minimum Gasteiger partial charge on any atom is -0.365 e. The predicted molar refractivity (Wildman–Crippen MR) is 143 cm³/mol. The van der Waals surface area contributed by atoms with Crippen molar-refractivity contribution in [2.45, 2.75) is 82.8 Å². The van der Waals surface area contributed by atoms with Crippen molar-refractivity contribution in [3.05, 3.63) is 45.6 Å². The number of aliphatic imine (C=N–C) groups is 2. The number of aromatic nitrogens is 4. The zero-order chi connectivity index (χ0) is 27.2. The van der Waals surface area contributed by atoms with Crippen molar-refractivity contribution in [1.29, 1.82) is 0 Å². The Hall–Kier alpha value is -3.41. The molecule has 1 aromatic carbocycles. The molecule has 3 heterocycles. The van der Waals surface area contributed by atoms with Gasteiger partial charge in [-0.25, -0.2) is 18.6 Å². The number of nitrogens with one attached hydrogen (secondary N) is 2. The highest BCUT2D eigenvalue weighted by Crippen LogP contribution is 2.44. The number of anilines is 1. The maximum Gasteiger partial charge on any atom is 0.368 e. The van der Waals surface area contributed by atoms with Crippen LogP contribution in [0.5, 0.6) is 0 Å². The van der Waals surface area contributed by atoms with Crippen molar-refractivity contribution in [3.63, 3.8) is 0 Å². The van der Waals surface area contributed by atoms with Gasteiger partial charge in [-0.15, -0.1) is 0 Å². The summed E-state index contributed by atoms with van der Waals surface area (Å²) in [4.78, 5) is 23.3. The molecule has 0 radical (unpaired) electrons. The first-order valence-corrected chi connectivity index (χ1v) is 13.1. The number of halogens is 2. The van der Waals surface area contributed by atoms with E-state index in [1.807, 2.05) is 0 Å². The van der Waals surface area contributed by atoms with Gasteiger partial charge in [0.2, 0.25) is 5.96 Å². The Morgan fingerprint density at radius 1 is 1.24 bits per heavy atom. The van der Waals surface area contributed by atoms with Gasteiger partial charge >= 0.3 is 5.69 Å². The van der Waals surface area contributed by atoms with Gasteiger partial charge in [0.25, 0.3) is 0 Å². The van der Waals surface area contributed by atoms with E-state index in [1.54, 1.807) is 0 Å². The summed E-state index contributed by atoms with van der Waals surface area (Å²) in [6, 6.07) is 3.37. The van der Waals surface area contributed by atoms with Crippen molar-refractivity contribution in [1.82, 2.24) is 30.0 Å².